The highest BCUT2D eigenvalue weighted by Crippen LogP contribution is 2.20. The lowest BCUT2D eigenvalue weighted by Gasteiger charge is -2.23. The van der Waals surface area contributed by atoms with Crippen LogP contribution in [0.2, 0.25) is 0 Å². The Morgan fingerprint density at radius 1 is 1.52 bits per heavy atom. The number of nitro benzene ring substituents is 1. The van der Waals surface area contributed by atoms with Crippen molar-refractivity contribution in [1.82, 2.24) is 5.32 Å². The van der Waals surface area contributed by atoms with Gasteiger partial charge in [-0.1, -0.05) is 6.07 Å². The van der Waals surface area contributed by atoms with Crippen molar-refractivity contribution in [1.29, 1.82) is 0 Å². The summed E-state index contributed by atoms with van der Waals surface area (Å²) in [4.78, 5) is 22.4. The maximum absolute atomic E-state index is 12.1. The molecule has 0 aliphatic carbocycles. The van der Waals surface area contributed by atoms with Crippen molar-refractivity contribution in [2.45, 2.75) is 25.9 Å². The number of aryl methyl sites for hydroxylation is 1. The van der Waals surface area contributed by atoms with Crippen LogP contribution in [0.15, 0.2) is 18.2 Å². The Balaban J connectivity index is 2.80. The quantitative estimate of drug-likeness (QED) is 0.585. The van der Waals surface area contributed by atoms with Gasteiger partial charge in [-0.15, -0.1) is 0 Å². The topological polar surface area (TPSA) is 102 Å². The van der Waals surface area contributed by atoms with E-state index in [9.17, 15) is 20.0 Å². The fourth-order valence-corrected chi connectivity index (χ4v) is 1.77. The monoisotopic (exact) mass is 296 g/mol. The number of nitrogens with zero attached hydrogens (tertiary/aromatic N) is 1. The second-order valence-electron chi connectivity index (χ2n) is 5.20. The third kappa shape index (κ3) is 5.13. The third-order valence-corrected chi connectivity index (χ3v) is 3.07. The smallest absolute Gasteiger partial charge is 0.282 e. The number of nitro groups is 1. The molecule has 2 N–H and O–H groups in total. The van der Waals surface area contributed by atoms with E-state index in [1.54, 1.807) is 19.9 Å². The molecular weight excluding hydrogens is 276 g/mol. The van der Waals surface area contributed by atoms with E-state index in [-0.39, 0.29) is 17.8 Å². The Kier molecular flexibility index (Phi) is 5.80. The summed E-state index contributed by atoms with van der Waals surface area (Å²) in [5.41, 5.74) is -0.654. The minimum atomic E-state index is -1.13. The summed E-state index contributed by atoms with van der Waals surface area (Å²) < 4.78 is 4.87. The lowest BCUT2D eigenvalue weighted by Crippen LogP contribution is -2.41. The van der Waals surface area contributed by atoms with E-state index < -0.39 is 16.4 Å². The molecule has 1 rings (SSSR count). The number of hydrogen-bond acceptors (Lipinski definition) is 5. The van der Waals surface area contributed by atoms with Crippen molar-refractivity contribution in [3.8, 4) is 0 Å². The minimum absolute atomic E-state index is 0.0115. The SMILES string of the molecule is COCCC(C)(O)CNC(=O)c1cc(C)ccc1[N+](=O)[O-]. The average molecular weight is 296 g/mol. The van der Waals surface area contributed by atoms with Crippen molar-refractivity contribution in [3.05, 3.63) is 39.4 Å². The van der Waals surface area contributed by atoms with Crippen LogP contribution in [0.25, 0.3) is 0 Å². The van der Waals surface area contributed by atoms with E-state index in [2.05, 4.69) is 5.32 Å². The van der Waals surface area contributed by atoms with Gasteiger partial charge in [0.15, 0.2) is 0 Å². The summed E-state index contributed by atoms with van der Waals surface area (Å²) in [6, 6.07) is 4.33. The molecule has 21 heavy (non-hydrogen) atoms. The van der Waals surface area contributed by atoms with E-state index in [0.717, 1.165) is 5.56 Å². The zero-order chi connectivity index (χ0) is 16.0. The molecule has 7 nitrogen and oxygen atoms in total. The fraction of sp³-hybridized carbons (Fsp3) is 0.500. The molecular formula is C14H20N2O5. The summed E-state index contributed by atoms with van der Waals surface area (Å²) in [7, 11) is 1.52. The maximum atomic E-state index is 12.1. The molecule has 0 heterocycles. The van der Waals surface area contributed by atoms with Crippen LogP contribution in [0.5, 0.6) is 0 Å². The average Bonchev–Trinajstić information content (AvgIpc) is 2.42. The largest absolute Gasteiger partial charge is 0.388 e. The van der Waals surface area contributed by atoms with Crippen molar-refractivity contribution in [3.63, 3.8) is 0 Å². The molecule has 0 spiro atoms. The van der Waals surface area contributed by atoms with Gasteiger partial charge in [0.2, 0.25) is 0 Å². The van der Waals surface area contributed by atoms with Crippen molar-refractivity contribution in [2.24, 2.45) is 0 Å². The van der Waals surface area contributed by atoms with E-state index in [1.807, 2.05) is 0 Å². The first-order valence-electron chi connectivity index (χ1n) is 6.51. The standard InChI is InChI=1S/C14H20N2O5/c1-10-4-5-12(16(19)20)11(8-10)13(17)15-9-14(2,18)6-7-21-3/h4-5,8,18H,6-7,9H2,1-3H3,(H,15,17). The number of carbonyl (C=O) groups excluding carboxylic acids is 1. The molecule has 0 bridgehead atoms. The van der Waals surface area contributed by atoms with Crippen LogP contribution in [-0.2, 0) is 4.74 Å². The van der Waals surface area contributed by atoms with Gasteiger partial charge in [-0.05, 0) is 25.5 Å². The first-order chi connectivity index (χ1) is 9.76. The lowest BCUT2D eigenvalue weighted by atomic mass is 10.0. The van der Waals surface area contributed by atoms with Crippen LogP contribution in [0.4, 0.5) is 5.69 Å². The predicted molar refractivity (Wildman–Crippen MR) is 77.3 cm³/mol. The number of nitrogens with one attached hydrogen (secondary N) is 1. The molecule has 0 aromatic heterocycles. The molecule has 1 aromatic carbocycles. The molecule has 1 atom stereocenters. The number of methoxy groups -OCH3 is 1. The molecule has 0 aliphatic heterocycles. The van der Waals surface area contributed by atoms with Crippen LogP contribution in [0, 0.1) is 17.0 Å². The Labute approximate surface area is 123 Å². The highest BCUT2D eigenvalue weighted by molar-refractivity contribution is 5.98. The summed E-state index contributed by atoms with van der Waals surface area (Å²) in [5.74, 6) is -0.580. The molecule has 0 saturated heterocycles. The van der Waals surface area contributed by atoms with Crippen LogP contribution in [0.1, 0.15) is 29.3 Å². The van der Waals surface area contributed by atoms with Crippen LogP contribution in [0.3, 0.4) is 0 Å². The molecule has 1 amide bonds. The third-order valence-electron chi connectivity index (χ3n) is 3.07. The minimum Gasteiger partial charge on any atom is -0.388 e. The van der Waals surface area contributed by atoms with Gasteiger partial charge in [-0.2, -0.15) is 0 Å². The van der Waals surface area contributed by atoms with Crippen LogP contribution in [-0.4, -0.2) is 41.8 Å². The molecule has 0 radical (unpaired) electrons. The number of amides is 1. The van der Waals surface area contributed by atoms with Crippen molar-refractivity contribution >= 4 is 11.6 Å². The van der Waals surface area contributed by atoms with E-state index in [4.69, 9.17) is 4.74 Å². The number of rotatable bonds is 7. The number of ether oxygens (including phenoxy) is 1. The van der Waals surface area contributed by atoms with Gasteiger partial charge in [0.1, 0.15) is 5.56 Å². The second kappa shape index (κ2) is 7.14. The Hall–Kier alpha value is -1.99. The van der Waals surface area contributed by atoms with Gasteiger partial charge < -0.3 is 15.2 Å². The normalized spacial score (nSPS) is 13.5. The number of aliphatic hydroxyl groups is 1. The number of hydrogen-bond donors (Lipinski definition) is 2. The van der Waals surface area contributed by atoms with Crippen molar-refractivity contribution in [2.75, 3.05) is 20.3 Å². The summed E-state index contributed by atoms with van der Waals surface area (Å²) in [5, 5.41) is 23.5. The van der Waals surface area contributed by atoms with E-state index >= 15 is 0 Å². The van der Waals surface area contributed by atoms with Crippen molar-refractivity contribution < 1.29 is 19.6 Å². The van der Waals surface area contributed by atoms with Gasteiger partial charge in [-0.3, -0.25) is 14.9 Å². The molecule has 0 fully saturated rings. The maximum Gasteiger partial charge on any atom is 0.282 e. The summed E-state index contributed by atoms with van der Waals surface area (Å²) in [6.45, 7) is 3.65. The molecule has 0 saturated carbocycles. The molecule has 1 aromatic rings. The van der Waals surface area contributed by atoms with Crippen LogP contribution < -0.4 is 5.32 Å². The molecule has 1 unspecified atom stereocenters. The molecule has 0 aliphatic rings. The van der Waals surface area contributed by atoms with E-state index in [0.29, 0.717) is 13.0 Å². The first kappa shape index (κ1) is 17.1. The summed E-state index contributed by atoms with van der Waals surface area (Å²) >= 11 is 0. The first-order valence-corrected chi connectivity index (χ1v) is 6.51. The Morgan fingerprint density at radius 3 is 2.76 bits per heavy atom. The zero-order valence-corrected chi connectivity index (χ0v) is 12.4. The molecule has 116 valence electrons. The number of carbonyl (C=O) groups is 1. The van der Waals surface area contributed by atoms with Gasteiger partial charge in [-0.25, -0.2) is 0 Å². The molecule has 7 heteroatoms. The second-order valence-corrected chi connectivity index (χ2v) is 5.20. The summed E-state index contributed by atoms with van der Waals surface area (Å²) in [6.07, 6.45) is 0.347. The highest BCUT2D eigenvalue weighted by atomic mass is 16.6. The lowest BCUT2D eigenvalue weighted by molar-refractivity contribution is -0.385. The van der Waals surface area contributed by atoms with Gasteiger partial charge in [0.05, 0.1) is 10.5 Å². The van der Waals surface area contributed by atoms with Crippen LogP contribution >= 0.6 is 0 Å². The van der Waals surface area contributed by atoms with E-state index in [1.165, 1.54) is 19.2 Å². The van der Waals surface area contributed by atoms with Gasteiger partial charge in [0.25, 0.3) is 11.6 Å². The van der Waals surface area contributed by atoms with Gasteiger partial charge in [0, 0.05) is 32.7 Å². The zero-order valence-electron chi connectivity index (χ0n) is 12.4. The Morgan fingerprint density at radius 2 is 2.19 bits per heavy atom. The highest BCUT2D eigenvalue weighted by Gasteiger charge is 2.24. The van der Waals surface area contributed by atoms with Gasteiger partial charge >= 0.3 is 0 Å². The fourth-order valence-electron chi connectivity index (χ4n) is 1.77. The number of benzene rings is 1. The predicted octanol–water partition coefficient (Wildman–Crippen LogP) is 1.42. The Bertz CT molecular complexity index is 528.